The number of aryl methyl sites for hydroxylation is 3. The summed E-state index contributed by atoms with van der Waals surface area (Å²) in [5, 5.41) is 7.22. The molecule has 0 atom stereocenters. The lowest BCUT2D eigenvalue weighted by atomic mass is 9.82. The molecule has 7 heterocycles. The summed E-state index contributed by atoms with van der Waals surface area (Å²) < 4.78 is 13.5. The molecule has 1 aromatic carbocycles. The Morgan fingerprint density at radius 1 is 0.265 bits per heavy atom. The van der Waals surface area contributed by atoms with Crippen LogP contribution in [0.1, 0.15) is 446 Å². The van der Waals surface area contributed by atoms with Gasteiger partial charge in [-0.1, -0.05) is 321 Å². The number of fused-ring (bicyclic) bond motifs is 8. The normalized spacial score (nSPS) is 21.3. The van der Waals surface area contributed by atoms with Crippen molar-refractivity contribution >= 4 is 34.6 Å². The molecule has 8 aliphatic rings. The molecule has 0 bridgehead atoms. The molecule has 0 spiro atoms. The minimum absolute atomic E-state index is 0.250. The zero-order valence-corrected chi connectivity index (χ0v) is 83.5. The minimum atomic E-state index is 0.250. The van der Waals surface area contributed by atoms with E-state index in [0.29, 0.717) is 70.4 Å². The highest BCUT2D eigenvalue weighted by atomic mass is 32.1. The lowest BCUT2D eigenvalue weighted by Crippen LogP contribution is -2.19. The van der Waals surface area contributed by atoms with E-state index in [2.05, 4.69) is 323 Å². The Morgan fingerprint density at radius 2 is 0.566 bits per heavy atom. The predicted octanol–water partition coefficient (Wildman–Crippen LogP) is 30.5. The summed E-state index contributed by atoms with van der Waals surface area (Å²) in [5.41, 5.74) is 27.8. The highest BCUT2D eigenvalue weighted by Gasteiger charge is 2.50. The Balaban J connectivity index is 0.000000268. The van der Waals surface area contributed by atoms with Gasteiger partial charge >= 0.3 is 0 Å². The van der Waals surface area contributed by atoms with E-state index in [1.807, 2.05) is 112 Å². The molecule has 7 aromatic heterocycles. The SMILES string of the molecule is CC.CC.CC.CC.CC.CC1(C)CC(C)(C)c2[nH]ncc21.CC1(C)CC(C)(C)c2ccccc21.CC1(C)CC(C)(C)c2cnccc21.CC1(C)CC(C)(C)c2cnccc21.CC1(C)CC(C)(C)c2ncccc21.Cc1nsc2c1C(C)(C)CC2(C)C.Cc1nsc2c1C(C)(C)CC2(C)C.Cc1snc2c1C(C)(C)CC2(C)C. The molecular weight excluding hydrogens is 1430 g/mol. The Hall–Kier alpha value is -5.23. The van der Waals surface area contributed by atoms with Gasteiger partial charge in [0.25, 0.3) is 0 Å². The van der Waals surface area contributed by atoms with Crippen LogP contribution < -0.4 is 0 Å². The number of nitrogens with zero attached hydrogens (tertiary/aromatic N) is 7. The van der Waals surface area contributed by atoms with E-state index in [4.69, 9.17) is 0 Å². The van der Waals surface area contributed by atoms with Crippen LogP contribution in [0, 0.1) is 20.8 Å². The molecule has 16 rings (SSSR count). The van der Waals surface area contributed by atoms with E-state index in [9.17, 15) is 0 Å². The van der Waals surface area contributed by atoms with Crippen molar-refractivity contribution in [1.29, 1.82) is 0 Å². The lowest BCUT2D eigenvalue weighted by Gasteiger charge is -2.23. The molecule has 632 valence electrons. The van der Waals surface area contributed by atoms with Crippen molar-refractivity contribution in [2.45, 2.75) is 450 Å². The van der Waals surface area contributed by atoms with Crippen molar-refractivity contribution in [2.24, 2.45) is 0 Å². The zero-order chi connectivity index (χ0) is 87.3. The van der Waals surface area contributed by atoms with Crippen LogP contribution in [0.25, 0.3) is 0 Å². The third kappa shape index (κ3) is 21.8. The Labute approximate surface area is 707 Å². The van der Waals surface area contributed by atoms with Gasteiger partial charge in [-0.2, -0.15) is 18.2 Å². The summed E-state index contributed by atoms with van der Waals surface area (Å²) in [7, 11) is 0. The quantitative estimate of drug-likeness (QED) is 0.161. The van der Waals surface area contributed by atoms with Gasteiger partial charge in [0.15, 0.2) is 0 Å². The smallest absolute Gasteiger partial charge is 0.0638 e. The van der Waals surface area contributed by atoms with Crippen molar-refractivity contribution in [3.05, 3.63) is 190 Å². The zero-order valence-electron chi connectivity index (χ0n) is 81.1. The summed E-state index contributed by atoms with van der Waals surface area (Å²) in [6.07, 6.45) is 21.6. The van der Waals surface area contributed by atoms with E-state index in [1.165, 1.54) is 145 Å². The molecular formula is C102H166N8S3. The first-order chi connectivity index (χ1) is 51.7. The fourth-order valence-corrected chi connectivity index (χ4v) is 26.0. The number of hydrogen-bond acceptors (Lipinski definition) is 10. The number of pyridine rings is 3. The third-order valence-corrected chi connectivity index (χ3v) is 28.1. The second-order valence-corrected chi connectivity index (χ2v) is 45.4. The van der Waals surface area contributed by atoms with E-state index < -0.39 is 0 Å². The average Bonchev–Trinajstić information content (AvgIpc) is 1.58. The standard InChI is InChI=1S/C13H18.3C12H17N.3C11H17NS.C10H16N2.5C2H6/c1-12(2)9-13(3,4)11-8-6-5-7-10(11)12;2*1-11(2)8-12(3,4)10-7-13-6-5-9(10)11;1-11(2)8-12(3,4)10-9(11)6-5-7-13-10;1-7-8-9(12-13-7)11(4,5)6-10(8,2)3;2*1-7-8-9(13-12-7)11(4,5)6-10(8,2)3;1-9(2)6-10(3,4)8-7(9)5-11-12-8;5*1-2/h5-8H,9H2,1-4H3;3*5-7H,8H2,1-4H3;3*6H2,1-5H3;5H,6H2,1-4H3,(H,11,12);5*1-2H3. The third-order valence-electron chi connectivity index (χ3n) is 24.7. The average molecular weight is 1600 g/mol. The van der Waals surface area contributed by atoms with Crippen molar-refractivity contribution in [3.63, 3.8) is 0 Å². The highest BCUT2D eigenvalue weighted by molar-refractivity contribution is 7.06. The second-order valence-electron chi connectivity index (χ2n) is 42.9. The number of rotatable bonds is 0. The fourth-order valence-electron chi connectivity index (χ4n) is 22.7. The van der Waals surface area contributed by atoms with E-state index in [1.54, 1.807) is 45.7 Å². The fraction of sp³-hybridized carbons (Fsp3) is 0.676. The largest absolute Gasteiger partial charge is 0.282 e. The summed E-state index contributed by atoms with van der Waals surface area (Å²) in [6, 6.07) is 17.5. The first-order valence-electron chi connectivity index (χ1n) is 43.6. The van der Waals surface area contributed by atoms with Gasteiger partial charge in [0, 0.05) is 84.1 Å². The summed E-state index contributed by atoms with van der Waals surface area (Å²) in [5.74, 6) is 0. The maximum absolute atomic E-state index is 4.59. The van der Waals surface area contributed by atoms with Crippen LogP contribution in [0.5, 0.6) is 0 Å². The molecule has 1 N–H and O–H groups in total. The summed E-state index contributed by atoms with van der Waals surface area (Å²) in [4.78, 5) is 17.4. The molecule has 0 radical (unpaired) electrons. The first-order valence-corrected chi connectivity index (χ1v) is 45.9. The Bertz CT molecular complexity index is 3750. The summed E-state index contributed by atoms with van der Waals surface area (Å²) in [6.45, 7) is 101. The van der Waals surface area contributed by atoms with Gasteiger partial charge in [0.2, 0.25) is 0 Å². The van der Waals surface area contributed by atoms with Gasteiger partial charge in [-0.15, -0.1) is 0 Å². The number of H-pyrrole nitrogens is 1. The molecule has 0 aliphatic heterocycles. The molecule has 8 aromatic rings. The Morgan fingerprint density at radius 3 is 0.920 bits per heavy atom. The molecule has 8 aliphatic carbocycles. The van der Waals surface area contributed by atoms with E-state index in [-0.39, 0.29) is 16.2 Å². The molecule has 0 amide bonds. The van der Waals surface area contributed by atoms with Crippen molar-refractivity contribution in [3.8, 4) is 0 Å². The summed E-state index contributed by atoms with van der Waals surface area (Å²) >= 11 is 5.06. The number of nitrogens with one attached hydrogen (secondary N) is 1. The number of benzene rings is 1. The van der Waals surface area contributed by atoms with Gasteiger partial charge in [-0.05, 0) is 246 Å². The first kappa shape index (κ1) is 100. The molecule has 11 heteroatoms. The Kier molecular flexibility index (Phi) is 32.4. The van der Waals surface area contributed by atoms with Gasteiger partial charge in [-0.25, -0.2) is 0 Å². The lowest BCUT2D eigenvalue weighted by molar-refractivity contribution is 0.394. The molecule has 0 saturated heterocycles. The number of aromatic nitrogens is 8. The number of hydrogen-bond donors (Lipinski definition) is 1. The topological polar surface area (TPSA) is 106 Å². The second kappa shape index (κ2) is 36.6. The highest BCUT2D eigenvalue weighted by Crippen LogP contribution is 2.57. The molecule has 8 nitrogen and oxygen atoms in total. The molecule has 0 fully saturated rings. The molecule has 113 heavy (non-hydrogen) atoms. The van der Waals surface area contributed by atoms with Crippen LogP contribution in [-0.4, -0.2) is 38.3 Å². The minimum Gasteiger partial charge on any atom is -0.282 e. The van der Waals surface area contributed by atoms with Crippen LogP contribution in [-0.2, 0) is 86.6 Å². The van der Waals surface area contributed by atoms with Crippen LogP contribution >= 0.6 is 34.6 Å². The van der Waals surface area contributed by atoms with Crippen LogP contribution in [0.4, 0.5) is 0 Å². The van der Waals surface area contributed by atoms with Crippen molar-refractivity contribution in [1.82, 2.24) is 38.3 Å². The van der Waals surface area contributed by atoms with E-state index in [0.717, 1.165) is 0 Å². The van der Waals surface area contributed by atoms with E-state index >= 15 is 0 Å². The van der Waals surface area contributed by atoms with Crippen LogP contribution in [0.2, 0.25) is 0 Å². The monoisotopic (exact) mass is 1600 g/mol. The van der Waals surface area contributed by atoms with Crippen molar-refractivity contribution < 1.29 is 0 Å². The van der Waals surface area contributed by atoms with Gasteiger partial charge in [-0.3, -0.25) is 20.1 Å². The van der Waals surface area contributed by atoms with Gasteiger partial charge < -0.3 is 0 Å². The maximum atomic E-state index is 4.59. The molecule has 0 saturated carbocycles. The maximum Gasteiger partial charge on any atom is 0.0638 e. The molecule has 0 unspecified atom stereocenters. The van der Waals surface area contributed by atoms with Gasteiger partial charge in [0.1, 0.15) is 0 Å². The van der Waals surface area contributed by atoms with Crippen molar-refractivity contribution in [2.75, 3.05) is 0 Å². The van der Waals surface area contributed by atoms with Crippen LogP contribution in [0.15, 0.2) is 85.7 Å². The van der Waals surface area contributed by atoms with Crippen LogP contribution in [0.3, 0.4) is 0 Å². The predicted molar refractivity (Wildman–Crippen MR) is 500 cm³/mol. The number of aromatic amines is 1. The van der Waals surface area contributed by atoms with Gasteiger partial charge in [0.05, 0.1) is 23.3 Å².